The molecular weight excluding hydrogens is 397 g/mol. The highest BCUT2D eigenvalue weighted by atomic mass is 19.4. The van der Waals surface area contributed by atoms with Gasteiger partial charge in [-0.25, -0.2) is 4.99 Å². The van der Waals surface area contributed by atoms with Gasteiger partial charge in [0.25, 0.3) is 0 Å². The van der Waals surface area contributed by atoms with Crippen LogP contribution in [-0.4, -0.2) is 32.9 Å². The summed E-state index contributed by atoms with van der Waals surface area (Å²) in [5, 5.41) is 14.0. The predicted molar refractivity (Wildman–Crippen MR) is 109 cm³/mol. The molecule has 0 fully saturated rings. The number of aromatic nitrogens is 3. The van der Waals surface area contributed by atoms with Crippen LogP contribution in [0.25, 0.3) is 0 Å². The van der Waals surface area contributed by atoms with Gasteiger partial charge in [0.1, 0.15) is 17.7 Å². The van der Waals surface area contributed by atoms with E-state index in [4.69, 9.17) is 4.74 Å². The van der Waals surface area contributed by atoms with Crippen LogP contribution in [0.1, 0.15) is 51.6 Å². The molecule has 7 nitrogen and oxygen atoms in total. The van der Waals surface area contributed by atoms with Crippen LogP contribution in [0.15, 0.2) is 29.5 Å². The van der Waals surface area contributed by atoms with E-state index in [1.165, 1.54) is 12.1 Å². The molecule has 0 aliphatic heterocycles. The molecule has 0 atom stereocenters. The van der Waals surface area contributed by atoms with Crippen molar-refractivity contribution in [1.29, 1.82) is 0 Å². The summed E-state index contributed by atoms with van der Waals surface area (Å²) in [6, 6.07) is 3.97. The van der Waals surface area contributed by atoms with Gasteiger partial charge in [-0.15, -0.1) is 10.2 Å². The van der Waals surface area contributed by atoms with Gasteiger partial charge in [-0.1, -0.05) is 6.07 Å². The molecule has 2 aromatic rings. The normalized spacial score (nSPS) is 12.7. The van der Waals surface area contributed by atoms with Crippen LogP contribution in [0.5, 0.6) is 5.75 Å². The number of aliphatic imine (C=N–C) groups is 1. The molecule has 0 amide bonds. The predicted octanol–water partition coefficient (Wildman–Crippen LogP) is 3.75. The lowest BCUT2D eigenvalue weighted by molar-refractivity contribution is -0.138. The van der Waals surface area contributed by atoms with Crippen molar-refractivity contribution in [3.05, 3.63) is 41.5 Å². The minimum absolute atomic E-state index is 0.0673. The molecule has 0 bridgehead atoms. The molecule has 0 saturated carbocycles. The first kappa shape index (κ1) is 23.5. The van der Waals surface area contributed by atoms with Gasteiger partial charge in [0.05, 0.1) is 18.7 Å². The maximum atomic E-state index is 13.6. The minimum atomic E-state index is -4.51. The van der Waals surface area contributed by atoms with Crippen molar-refractivity contribution >= 4 is 5.96 Å². The van der Waals surface area contributed by atoms with E-state index < -0.39 is 17.3 Å². The van der Waals surface area contributed by atoms with E-state index in [1.807, 2.05) is 18.4 Å². The second-order valence-electron chi connectivity index (χ2n) is 7.61. The first-order valence-corrected chi connectivity index (χ1v) is 9.81. The Balaban J connectivity index is 2.20. The summed E-state index contributed by atoms with van der Waals surface area (Å²) in [5.41, 5.74) is -1.28. The van der Waals surface area contributed by atoms with Crippen molar-refractivity contribution in [2.75, 3.05) is 6.54 Å². The smallest absolute Gasteiger partial charge is 0.416 e. The molecule has 1 aromatic carbocycles. The Bertz CT molecular complexity index is 855. The molecule has 2 N–H and O–H groups in total. The average Bonchev–Trinajstić information content (AvgIpc) is 3.10. The summed E-state index contributed by atoms with van der Waals surface area (Å²) < 4.78 is 48.2. The Kier molecular flexibility index (Phi) is 7.69. The summed E-state index contributed by atoms with van der Waals surface area (Å²) in [7, 11) is 0. The highest BCUT2D eigenvalue weighted by Gasteiger charge is 2.34. The first-order chi connectivity index (χ1) is 14.0. The maximum absolute atomic E-state index is 13.6. The van der Waals surface area contributed by atoms with Crippen LogP contribution >= 0.6 is 0 Å². The summed E-state index contributed by atoms with van der Waals surface area (Å²) in [6.45, 7) is 10.7. The van der Waals surface area contributed by atoms with Crippen molar-refractivity contribution in [3.63, 3.8) is 0 Å². The maximum Gasteiger partial charge on any atom is 0.416 e. The van der Waals surface area contributed by atoms with E-state index in [1.54, 1.807) is 27.1 Å². The van der Waals surface area contributed by atoms with Gasteiger partial charge in [-0.3, -0.25) is 0 Å². The van der Waals surface area contributed by atoms with Crippen LogP contribution < -0.4 is 15.4 Å². The molecule has 0 radical (unpaired) electrons. The fraction of sp³-hybridized carbons (Fsp3) is 0.550. The number of nitrogens with zero attached hydrogens (tertiary/aromatic N) is 4. The number of nitrogens with one attached hydrogen (secondary N) is 2. The number of guanidine groups is 1. The second-order valence-corrected chi connectivity index (χ2v) is 7.61. The molecule has 0 aliphatic carbocycles. The molecule has 166 valence electrons. The zero-order valence-corrected chi connectivity index (χ0v) is 18.0. The molecule has 1 aromatic heterocycles. The highest BCUT2D eigenvalue weighted by molar-refractivity contribution is 5.79. The quantitative estimate of drug-likeness (QED) is 0.521. The van der Waals surface area contributed by atoms with Crippen molar-refractivity contribution in [2.45, 2.75) is 66.0 Å². The molecular formula is C20H29F3N6O. The number of ether oxygens (including phenoxy) is 1. The Morgan fingerprint density at radius 3 is 2.50 bits per heavy atom. The average molecular weight is 426 g/mol. The Hall–Kier alpha value is -2.78. The van der Waals surface area contributed by atoms with E-state index >= 15 is 0 Å². The van der Waals surface area contributed by atoms with Crippen LogP contribution in [0.4, 0.5) is 13.2 Å². The third-order valence-corrected chi connectivity index (χ3v) is 4.01. The Labute approximate surface area is 174 Å². The lowest BCUT2D eigenvalue weighted by Crippen LogP contribution is -2.37. The van der Waals surface area contributed by atoms with Crippen LogP contribution in [0.2, 0.25) is 0 Å². The summed E-state index contributed by atoms with van der Waals surface area (Å²) in [4.78, 5) is 4.31. The third kappa shape index (κ3) is 6.93. The zero-order valence-electron chi connectivity index (χ0n) is 18.0. The van der Waals surface area contributed by atoms with Gasteiger partial charge in [-0.2, -0.15) is 13.2 Å². The van der Waals surface area contributed by atoms with Gasteiger partial charge in [0, 0.05) is 13.1 Å². The van der Waals surface area contributed by atoms with Crippen LogP contribution in [-0.2, 0) is 25.8 Å². The molecule has 1 heterocycles. The van der Waals surface area contributed by atoms with E-state index in [2.05, 4.69) is 25.8 Å². The number of benzene rings is 1. The molecule has 0 aliphatic rings. The fourth-order valence-electron chi connectivity index (χ4n) is 2.72. The van der Waals surface area contributed by atoms with E-state index in [0.29, 0.717) is 24.9 Å². The number of alkyl halides is 3. The first-order valence-electron chi connectivity index (χ1n) is 9.81. The van der Waals surface area contributed by atoms with Gasteiger partial charge in [0.2, 0.25) is 0 Å². The van der Waals surface area contributed by atoms with Gasteiger partial charge in [-0.05, 0) is 52.3 Å². The number of rotatable bonds is 7. The molecule has 0 spiro atoms. The van der Waals surface area contributed by atoms with Gasteiger partial charge in [0.15, 0.2) is 11.8 Å². The van der Waals surface area contributed by atoms with Crippen molar-refractivity contribution in [1.82, 2.24) is 25.4 Å². The second kappa shape index (κ2) is 9.82. The van der Waals surface area contributed by atoms with E-state index in [9.17, 15) is 13.2 Å². The van der Waals surface area contributed by atoms with Crippen LogP contribution in [0.3, 0.4) is 0 Å². The molecule has 0 unspecified atom stereocenters. The van der Waals surface area contributed by atoms with Crippen molar-refractivity contribution < 1.29 is 17.9 Å². The third-order valence-electron chi connectivity index (χ3n) is 4.01. The van der Waals surface area contributed by atoms with Gasteiger partial charge >= 0.3 is 6.18 Å². The zero-order chi connectivity index (χ0) is 22.4. The lowest BCUT2D eigenvalue weighted by Gasteiger charge is -2.22. The topological polar surface area (TPSA) is 76.4 Å². The van der Waals surface area contributed by atoms with Crippen molar-refractivity contribution in [3.8, 4) is 5.75 Å². The number of hydrogen-bond donors (Lipinski definition) is 2. The molecule has 10 heteroatoms. The van der Waals surface area contributed by atoms with E-state index in [0.717, 1.165) is 12.6 Å². The number of hydrogen-bond acceptors (Lipinski definition) is 4. The molecule has 30 heavy (non-hydrogen) atoms. The monoisotopic (exact) mass is 426 g/mol. The Morgan fingerprint density at radius 1 is 1.17 bits per heavy atom. The van der Waals surface area contributed by atoms with Crippen molar-refractivity contribution in [2.24, 2.45) is 4.99 Å². The standard InChI is InChI=1S/C20H29F3N6O/c1-6-24-18(26-12-17-28-27-13-29(17)7-2)25-11-14-8-9-15(30-19(3,4)5)10-16(14)20(21,22)23/h8-10,13H,6-7,11-12H2,1-5H3,(H2,24,25,26). The summed E-state index contributed by atoms with van der Waals surface area (Å²) in [6.07, 6.45) is -2.89. The Morgan fingerprint density at radius 2 is 1.90 bits per heavy atom. The SMILES string of the molecule is CCNC(=NCc1ccc(OC(C)(C)C)cc1C(F)(F)F)NCc1nncn1CC. The largest absolute Gasteiger partial charge is 0.488 e. The highest BCUT2D eigenvalue weighted by Crippen LogP contribution is 2.35. The summed E-state index contributed by atoms with van der Waals surface area (Å²) in [5.74, 6) is 1.28. The number of aryl methyl sites for hydroxylation is 1. The summed E-state index contributed by atoms with van der Waals surface area (Å²) >= 11 is 0. The molecule has 0 saturated heterocycles. The van der Waals surface area contributed by atoms with Gasteiger partial charge < -0.3 is 19.9 Å². The van der Waals surface area contributed by atoms with E-state index in [-0.39, 0.29) is 17.9 Å². The minimum Gasteiger partial charge on any atom is -0.488 e. The fourth-order valence-corrected chi connectivity index (χ4v) is 2.72. The lowest BCUT2D eigenvalue weighted by atomic mass is 10.1. The molecule has 2 rings (SSSR count). The van der Waals surface area contributed by atoms with Crippen LogP contribution in [0, 0.1) is 0 Å². The number of halogens is 3.